The Balaban J connectivity index is 1.48. The molecule has 8 heteroatoms. The molecule has 0 aliphatic carbocycles. The molecule has 0 spiro atoms. The summed E-state index contributed by atoms with van der Waals surface area (Å²) >= 11 is 2.92. The van der Waals surface area contributed by atoms with Gasteiger partial charge in [0, 0.05) is 41.6 Å². The van der Waals surface area contributed by atoms with E-state index in [2.05, 4.69) is 0 Å². The Morgan fingerprint density at radius 3 is 2.41 bits per heavy atom. The Morgan fingerprint density at radius 1 is 0.971 bits per heavy atom. The number of phenols is 2. The third-order valence-electron chi connectivity index (χ3n) is 5.70. The predicted octanol–water partition coefficient (Wildman–Crippen LogP) is 7.64. The van der Waals surface area contributed by atoms with E-state index < -0.39 is 0 Å². The number of hydrogen-bond acceptors (Lipinski definition) is 8. The second-order valence-corrected chi connectivity index (χ2v) is 12.4. The highest BCUT2D eigenvalue weighted by atomic mass is 33.1. The minimum absolute atomic E-state index is 0.0430. The van der Waals surface area contributed by atoms with E-state index in [0.29, 0.717) is 30.8 Å². The monoisotopic (exact) mass is 524 g/mol. The molecule has 5 rings (SSSR count). The van der Waals surface area contributed by atoms with Gasteiger partial charge in [-0.1, -0.05) is 46.7 Å². The molecule has 3 aromatic carbocycles. The molecule has 0 saturated carbocycles. The molecule has 2 heterocycles. The van der Waals surface area contributed by atoms with Crippen molar-refractivity contribution >= 4 is 70.6 Å². The minimum atomic E-state index is -0.106. The third kappa shape index (κ3) is 4.02. The number of thioether (sulfide) groups is 1. The van der Waals surface area contributed by atoms with Gasteiger partial charge in [-0.05, 0) is 49.7 Å². The summed E-state index contributed by atoms with van der Waals surface area (Å²) in [4.78, 5) is 28.1. The van der Waals surface area contributed by atoms with Crippen LogP contribution in [0.2, 0.25) is 0 Å². The van der Waals surface area contributed by atoms with Crippen LogP contribution < -0.4 is 5.43 Å². The first kappa shape index (κ1) is 23.4. The first-order valence-electron chi connectivity index (χ1n) is 10.7. The van der Waals surface area contributed by atoms with Gasteiger partial charge in [0.2, 0.25) is 0 Å². The Hall–Kier alpha value is -2.39. The number of carbonyl (C=O) groups excluding carboxylic acids is 1. The zero-order valence-electron chi connectivity index (χ0n) is 18.3. The lowest BCUT2D eigenvalue weighted by Gasteiger charge is -2.26. The molecule has 0 bridgehead atoms. The van der Waals surface area contributed by atoms with Crippen LogP contribution in [0.15, 0.2) is 79.7 Å². The zero-order chi connectivity index (χ0) is 24.0. The minimum Gasteiger partial charge on any atom is -0.507 e. The highest BCUT2D eigenvalue weighted by Gasteiger charge is 2.31. The van der Waals surface area contributed by atoms with Gasteiger partial charge >= 0.3 is 0 Å². The van der Waals surface area contributed by atoms with Crippen molar-refractivity contribution in [3.8, 4) is 11.5 Å². The fraction of sp³-hybridized carbons (Fsp3) is 0.154. The van der Waals surface area contributed by atoms with Crippen LogP contribution in [0.4, 0.5) is 0 Å². The van der Waals surface area contributed by atoms with Gasteiger partial charge in [0.25, 0.3) is 0 Å². The molecule has 1 aliphatic rings. The van der Waals surface area contributed by atoms with E-state index in [1.54, 1.807) is 24.3 Å². The van der Waals surface area contributed by atoms with E-state index in [9.17, 15) is 19.8 Å². The normalized spacial score (nSPS) is 16.9. The van der Waals surface area contributed by atoms with E-state index in [0.717, 1.165) is 21.6 Å². The molecule has 0 fully saturated rings. The second kappa shape index (κ2) is 9.34. The lowest BCUT2D eigenvalue weighted by molar-refractivity contribution is 0.102. The Morgan fingerprint density at radius 2 is 1.68 bits per heavy atom. The molecule has 1 aromatic heterocycles. The van der Waals surface area contributed by atoms with E-state index in [1.165, 1.54) is 44.7 Å². The Bertz CT molecular complexity index is 1550. The third-order valence-corrected chi connectivity index (χ3v) is 10.8. The zero-order valence-corrected chi connectivity index (χ0v) is 21.6. The second-order valence-electron chi connectivity index (χ2n) is 7.82. The lowest BCUT2D eigenvalue weighted by atomic mass is 9.98. The first-order chi connectivity index (χ1) is 16.4. The molecule has 1 aliphatic heterocycles. The summed E-state index contributed by atoms with van der Waals surface area (Å²) < 4.78 is 1.40. The van der Waals surface area contributed by atoms with Crippen molar-refractivity contribution < 1.29 is 15.0 Å². The maximum absolute atomic E-state index is 13.1. The summed E-state index contributed by atoms with van der Waals surface area (Å²) in [6.07, 6.45) is 2.67. The van der Waals surface area contributed by atoms with E-state index in [-0.39, 0.29) is 28.0 Å². The molecule has 1 atom stereocenters. The van der Waals surface area contributed by atoms with Crippen molar-refractivity contribution in [2.45, 2.75) is 40.2 Å². The van der Waals surface area contributed by atoms with E-state index in [4.69, 9.17) is 0 Å². The lowest BCUT2D eigenvalue weighted by Crippen LogP contribution is -2.21. The SMILES string of the molecule is C/C=C1/C(=O)c2cc(SSc3cc(O)c4sc5ccccc5c(=O)c4c3)cc(O)c2SC1CC. The van der Waals surface area contributed by atoms with Crippen molar-refractivity contribution in [3.63, 3.8) is 0 Å². The topological polar surface area (TPSA) is 74.6 Å². The number of benzene rings is 3. The smallest absolute Gasteiger partial charge is 0.196 e. The summed E-state index contributed by atoms with van der Waals surface area (Å²) in [5.74, 6) is 0.124. The van der Waals surface area contributed by atoms with Gasteiger partial charge in [-0.15, -0.1) is 23.1 Å². The summed E-state index contributed by atoms with van der Waals surface area (Å²) in [7, 11) is 2.74. The summed E-state index contributed by atoms with van der Waals surface area (Å²) in [6.45, 7) is 3.91. The van der Waals surface area contributed by atoms with E-state index >= 15 is 0 Å². The molecule has 0 saturated heterocycles. The average molecular weight is 525 g/mol. The molecule has 4 aromatic rings. The van der Waals surface area contributed by atoms with Crippen LogP contribution in [0.3, 0.4) is 0 Å². The quantitative estimate of drug-likeness (QED) is 0.161. The van der Waals surface area contributed by atoms with Gasteiger partial charge in [0.05, 0.1) is 9.60 Å². The molecule has 1 unspecified atom stereocenters. The first-order valence-corrected chi connectivity index (χ1v) is 14.5. The van der Waals surface area contributed by atoms with Crippen molar-refractivity contribution in [1.82, 2.24) is 0 Å². The number of allylic oxidation sites excluding steroid dienone is 1. The number of phenolic OH excluding ortho intramolecular Hbond substituents is 2. The standard InChI is InChI=1S/C26H20O4S4/c1-3-15-21(4-2)31-25-17(23(15)29)9-13(11-19(25)27)33-34-14-10-18-24(30)16-7-5-6-8-22(16)32-26(18)20(28)12-14/h3,5-12,21,27-28H,4H2,1-2H3/b15-3+. The van der Waals surface area contributed by atoms with Gasteiger partial charge in [-0.25, -0.2) is 0 Å². The highest BCUT2D eigenvalue weighted by Crippen LogP contribution is 2.48. The van der Waals surface area contributed by atoms with Gasteiger partial charge in [-0.2, -0.15) is 0 Å². The fourth-order valence-electron chi connectivity index (χ4n) is 4.06. The number of ketones is 1. The molecule has 172 valence electrons. The number of fused-ring (bicyclic) bond motifs is 3. The number of aromatic hydroxyl groups is 2. The molecular weight excluding hydrogens is 505 g/mol. The average Bonchev–Trinajstić information content (AvgIpc) is 2.84. The van der Waals surface area contributed by atoms with Gasteiger partial charge in [0.15, 0.2) is 11.2 Å². The van der Waals surface area contributed by atoms with Crippen LogP contribution in [0.25, 0.3) is 20.2 Å². The summed E-state index contributed by atoms with van der Waals surface area (Å²) in [5, 5.41) is 22.4. The highest BCUT2D eigenvalue weighted by molar-refractivity contribution is 8.76. The molecule has 4 nitrogen and oxygen atoms in total. The number of Topliss-reactive ketones (excluding diaryl/α,β-unsaturated/α-hetero) is 1. The van der Waals surface area contributed by atoms with Crippen molar-refractivity contribution in [2.75, 3.05) is 0 Å². The van der Waals surface area contributed by atoms with Crippen LogP contribution >= 0.6 is 44.7 Å². The van der Waals surface area contributed by atoms with Crippen molar-refractivity contribution in [1.29, 1.82) is 0 Å². The molecule has 0 radical (unpaired) electrons. The van der Waals surface area contributed by atoms with Crippen LogP contribution in [-0.2, 0) is 0 Å². The summed E-state index contributed by atoms with van der Waals surface area (Å²) in [6, 6.07) is 14.3. The van der Waals surface area contributed by atoms with Crippen molar-refractivity contribution in [2.24, 2.45) is 0 Å². The number of rotatable bonds is 4. The predicted molar refractivity (Wildman–Crippen MR) is 145 cm³/mol. The Labute approximate surface area is 212 Å². The largest absolute Gasteiger partial charge is 0.507 e. The Kier molecular flexibility index (Phi) is 6.41. The molecule has 34 heavy (non-hydrogen) atoms. The molecule has 0 amide bonds. The fourth-order valence-corrected chi connectivity index (χ4v) is 8.40. The number of carbonyl (C=O) groups is 1. The maximum atomic E-state index is 13.1. The van der Waals surface area contributed by atoms with Crippen LogP contribution in [0.5, 0.6) is 11.5 Å². The van der Waals surface area contributed by atoms with Crippen LogP contribution in [0, 0.1) is 0 Å². The van der Waals surface area contributed by atoms with Gasteiger partial charge in [-0.3, -0.25) is 9.59 Å². The van der Waals surface area contributed by atoms with Crippen LogP contribution in [0.1, 0.15) is 30.6 Å². The van der Waals surface area contributed by atoms with Crippen molar-refractivity contribution in [3.05, 3.63) is 76.0 Å². The van der Waals surface area contributed by atoms with Gasteiger partial charge in [0.1, 0.15) is 11.5 Å². The summed E-state index contributed by atoms with van der Waals surface area (Å²) in [5.41, 5.74) is 1.18. The molecular formula is C26H20O4S4. The van der Waals surface area contributed by atoms with E-state index in [1.807, 2.05) is 44.2 Å². The van der Waals surface area contributed by atoms with Gasteiger partial charge < -0.3 is 10.2 Å². The van der Waals surface area contributed by atoms with Crippen LogP contribution in [-0.4, -0.2) is 21.2 Å². The molecule has 2 N–H and O–H groups in total. The number of hydrogen-bond donors (Lipinski definition) is 2. The maximum Gasteiger partial charge on any atom is 0.196 e.